The van der Waals surface area contributed by atoms with Gasteiger partial charge in [0.25, 0.3) is 0 Å². The minimum atomic E-state index is -0.641. The first-order chi connectivity index (χ1) is 22.7. The van der Waals surface area contributed by atoms with Crippen molar-refractivity contribution in [3.63, 3.8) is 0 Å². The number of aliphatic hydroxyl groups excluding tert-OH is 1. The van der Waals surface area contributed by atoms with E-state index in [0.717, 1.165) is 34.2 Å². The standard InChI is InChI=1S/C41H55N3O3/c1-6-7-8-9-10-11-12-13-14-15-16-23-47-28-34(45)26-33-19-22-37(38(46)27-33)41-43-39(35-20-17-29(2)24-31(35)4)42-40(44-41)36-21-18-30(3)25-32(36)5/h17-22,24-25,27,34,45-46H,6-16,23,26,28H2,1-5H3. The van der Waals surface area contributed by atoms with E-state index in [1.807, 2.05) is 24.3 Å². The number of phenolic OH excluding ortho intramolecular Hbond substituents is 1. The molecule has 4 rings (SSSR count). The van der Waals surface area contributed by atoms with E-state index in [9.17, 15) is 10.2 Å². The van der Waals surface area contributed by atoms with E-state index in [-0.39, 0.29) is 12.4 Å². The molecule has 2 N–H and O–H groups in total. The van der Waals surface area contributed by atoms with Crippen LogP contribution >= 0.6 is 0 Å². The van der Waals surface area contributed by atoms with Crippen LogP contribution in [0.15, 0.2) is 54.6 Å². The second kappa shape index (κ2) is 18.7. The number of rotatable bonds is 19. The van der Waals surface area contributed by atoms with Crippen LogP contribution in [-0.4, -0.2) is 44.5 Å². The van der Waals surface area contributed by atoms with Gasteiger partial charge in [-0.25, -0.2) is 15.0 Å². The average Bonchev–Trinajstić information content (AvgIpc) is 3.03. The Hall–Kier alpha value is -3.61. The molecule has 6 nitrogen and oxygen atoms in total. The molecule has 0 bridgehead atoms. The Bertz CT molecular complexity index is 1500. The number of hydrogen-bond acceptors (Lipinski definition) is 6. The van der Waals surface area contributed by atoms with E-state index in [1.165, 1.54) is 75.3 Å². The molecule has 0 amide bonds. The van der Waals surface area contributed by atoms with Gasteiger partial charge < -0.3 is 14.9 Å². The molecule has 0 spiro atoms. The Balaban J connectivity index is 1.35. The fourth-order valence-corrected chi connectivity index (χ4v) is 6.18. The molecule has 0 fully saturated rings. The zero-order valence-corrected chi connectivity index (χ0v) is 29.3. The van der Waals surface area contributed by atoms with Gasteiger partial charge in [-0.2, -0.15) is 0 Å². The summed E-state index contributed by atoms with van der Waals surface area (Å²) in [5, 5.41) is 21.8. The average molecular weight is 638 g/mol. The van der Waals surface area contributed by atoms with E-state index in [4.69, 9.17) is 19.7 Å². The third kappa shape index (κ3) is 11.3. The Morgan fingerprint density at radius 2 is 1.06 bits per heavy atom. The predicted molar refractivity (Wildman–Crippen MR) is 194 cm³/mol. The van der Waals surface area contributed by atoms with Gasteiger partial charge in [0.15, 0.2) is 17.5 Å². The highest BCUT2D eigenvalue weighted by atomic mass is 16.5. The summed E-state index contributed by atoms with van der Waals surface area (Å²) in [7, 11) is 0. The van der Waals surface area contributed by atoms with Gasteiger partial charge in [0.2, 0.25) is 0 Å². The van der Waals surface area contributed by atoms with Gasteiger partial charge in [-0.3, -0.25) is 0 Å². The minimum absolute atomic E-state index is 0.0703. The van der Waals surface area contributed by atoms with E-state index in [2.05, 4.69) is 58.9 Å². The van der Waals surface area contributed by atoms with Crippen LogP contribution < -0.4 is 0 Å². The topological polar surface area (TPSA) is 88.4 Å². The van der Waals surface area contributed by atoms with Crippen molar-refractivity contribution in [2.24, 2.45) is 0 Å². The van der Waals surface area contributed by atoms with Gasteiger partial charge in [-0.1, -0.05) is 125 Å². The molecule has 0 saturated carbocycles. The quantitative estimate of drug-likeness (QED) is 0.0995. The first-order valence-corrected chi connectivity index (χ1v) is 17.7. The Morgan fingerprint density at radius 1 is 0.596 bits per heavy atom. The summed E-state index contributed by atoms with van der Waals surface area (Å²) in [6, 6.07) is 17.9. The number of nitrogens with zero attached hydrogens (tertiary/aromatic N) is 3. The molecule has 252 valence electrons. The summed E-state index contributed by atoms with van der Waals surface area (Å²) < 4.78 is 5.78. The van der Waals surface area contributed by atoms with Gasteiger partial charge in [0, 0.05) is 24.2 Å². The number of hydrogen-bond donors (Lipinski definition) is 2. The van der Waals surface area contributed by atoms with Crippen molar-refractivity contribution in [3.05, 3.63) is 82.4 Å². The molecule has 4 aromatic rings. The maximum absolute atomic E-state index is 11.1. The van der Waals surface area contributed by atoms with Gasteiger partial charge in [0.1, 0.15) is 5.75 Å². The molecule has 47 heavy (non-hydrogen) atoms. The third-order valence-electron chi connectivity index (χ3n) is 8.86. The number of ether oxygens (including phenoxy) is 1. The lowest BCUT2D eigenvalue weighted by molar-refractivity contribution is 0.0355. The molecule has 1 aromatic heterocycles. The lowest BCUT2D eigenvalue weighted by Crippen LogP contribution is -2.18. The van der Waals surface area contributed by atoms with Crippen molar-refractivity contribution in [2.75, 3.05) is 13.2 Å². The van der Waals surface area contributed by atoms with Crippen LogP contribution in [-0.2, 0) is 11.2 Å². The number of unbranched alkanes of at least 4 members (excludes halogenated alkanes) is 10. The summed E-state index contributed by atoms with van der Waals surface area (Å²) in [5.74, 6) is 1.61. The summed E-state index contributed by atoms with van der Waals surface area (Å²) >= 11 is 0. The largest absolute Gasteiger partial charge is 0.507 e. The van der Waals surface area contributed by atoms with Crippen LogP contribution in [0.4, 0.5) is 0 Å². The number of aryl methyl sites for hydroxylation is 4. The number of aromatic hydroxyl groups is 1. The molecule has 6 heteroatoms. The fourth-order valence-electron chi connectivity index (χ4n) is 6.18. The molecular formula is C41H55N3O3. The first-order valence-electron chi connectivity index (χ1n) is 17.7. The van der Waals surface area contributed by atoms with Crippen molar-refractivity contribution < 1.29 is 14.9 Å². The molecular weight excluding hydrogens is 582 g/mol. The molecule has 0 aliphatic heterocycles. The lowest BCUT2D eigenvalue weighted by atomic mass is 10.0. The third-order valence-corrected chi connectivity index (χ3v) is 8.86. The zero-order valence-electron chi connectivity index (χ0n) is 29.3. The van der Waals surface area contributed by atoms with Crippen molar-refractivity contribution in [1.29, 1.82) is 0 Å². The highest BCUT2D eigenvalue weighted by Crippen LogP contribution is 2.32. The second-order valence-corrected chi connectivity index (χ2v) is 13.3. The maximum atomic E-state index is 11.1. The monoisotopic (exact) mass is 637 g/mol. The molecule has 0 saturated heterocycles. The fraction of sp³-hybridized carbons (Fsp3) is 0.488. The summed E-state index contributed by atoms with van der Waals surface area (Å²) in [5.41, 5.74) is 7.71. The van der Waals surface area contributed by atoms with Crippen LogP contribution in [0, 0.1) is 27.7 Å². The van der Waals surface area contributed by atoms with Crippen LogP contribution in [0.5, 0.6) is 5.75 Å². The predicted octanol–water partition coefficient (Wildman–Crippen LogP) is 10.0. The zero-order chi connectivity index (χ0) is 33.6. The van der Waals surface area contributed by atoms with Crippen molar-refractivity contribution in [3.8, 4) is 39.9 Å². The maximum Gasteiger partial charge on any atom is 0.167 e. The van der Waals surface area contributed by atoms with Crippen LogP contribution in [0.2, 0.25) is 0 Å². The number of aliphatic hydroxyl groups is 1. The number of benzene rings is 3. The minimum Gasteiger partial charge on any atom is -0.507 e. The van der Waals surface area contributed by atoms with E-state index in [1.54, 1.807) is 6.07 Å². The number of phenols is 1. The summed E-state index contributed by atoms with van der Waals surface area (Å²) in [6.45, 7) is 11.5. The van der Waals surface area contributed by atoms with E-state index < -0.39 is 6.10 Å². The van der Waals surface area contributed by atoms with Crippen LogP contribution in [0.25, 0.3) is 34.2 Å². The van der Waals surface area contributed by atoms with Crippen molar-refractivity contribution in [2.45, 2.75) is 118 Å². The Morgan fingerprint density at radius 3 is 1.55 bits per heavy atom. The SMILES string of the molecule is CCCCCCCCCCCCCOCC(O)Cc1ccc(-c2nc(-c3ccc(C)cc3C)nc(-c3ccc(C)cc3C)n2)c(O)c1. The van der Waals surface area contributed by atoms with Crippen LogP contribution in [0.3, 0.4) is 0 Å². The first kappa shape index (κ1) is 36.2. The number of aromatic nitrogens is 3. The molecule has 0 radical (unpaired) electrons. The molecule has 1 heterocycles. The van der Waals surface area contributed by atoms with Crippen molar-refractivity contribution in [1.82, 2.24) is 15.0 Å². The van der Waals surface area contributed by atoms with Gasteiger partial charge in [-0.05, 0) is 62.9 Å². The molecule has 3 aromatic carbocycles. The summed E-state index contributed by atoms with van der Waals surface area (Å²) in [4.78, 5) is 14.6. The molecule has 1 atom stereocenters. The van der Waals surface area contributed by atoms with E-state index in [0.29, 0.717) is 36.1 Å². The summed E-state index contributed by atoms with van der Waals surface area (Å²) in [6.07, 6.45) is 14.0. The van der Waals surface area contributed by atoms with Crippen LogP contribution in [0.1, 0.15) is 105 Å². The lowest BCUT2D eigenvalue weighted by Gasteiger charge is -2.14. The molecule has 0 aliphatic carbocycles. The molecule has 0 aliphatic rings. The van der Waals surface area contributed by atoms with Gasteiger partial charge >= 0.3 is 0 Å². The van der Waals surface area contributed by atoms with E-state index >= 15 is 0 Å². The second-order valence-electron chi connectivity index (χ2n) is 13.3. The van der Waals surface area contributed by atoms with Crippen molar-refractivity contribution >= 4 is 0 Å². The molecule has 1 unspecified atom stereocenters. The highest BCUT2D eigenvalue weighted by Gasteiger charge is 2.18. The van der Waals surface area contributed by atoms with Gasteiger partial charge in [-0.15, -0.1) is 0 Å². The van der Waals surface area contributed by atoms with Gasteiger partial charge in [0.05, 0.1) is 18.3 Å². The Kier molecular flexibility index (Phi) is 14.4. The smallest absolute Gasteiger partial charge is 0.167 e. The normalized spacial score (nSPS) is 12.0. The highest BCUT2D eigenvalue weighted by molar-refractivity contribution is 5.72. The Labute approximate surface area is 282 Å².